The van der Waals surface area contributed by atoms with Crippen LogP contribution in [0.25, 0.3) is 22.3 Å². The van der Waals surface area contributed by atoms with E-state index in [1.54, 1.807) is 12.1 Å². The lowest BCUT2D eigenvalue weighted by molar-refractivity contribution is 0.147. The monoisotopic (exact) mass is 396 g/mol. The Morgan fingerprint density at radius 2 is 1.90 bits per heavy atom. The largest absolute Gasteiger partial charge is 0.453 e. The van der Waals surface area contributed by atoms with Gasteiger partial charge in [-0.2, -0.15) is 4.98 Å². The number of hydrogen-bond acceptors (Lipinski definition) is 8. The molecular weight excluding hydrogens is 372 g/mol. The smallest absolute Gasteiger partial charge is 0.411 e. The molecule has 3 rings (SSSR count). The zero-order valence-corrected chi connectivity index (χ0v) is 16.4. The highest BCUT2D eigenvalue weighted by Crippen LogP contribution is 2.25. The second-order valence-electron chi connectivity index (χ2n) is 6.17. The minimum absolute atomic E-state index is 0.192. The minimum Gasteiger partial charge on any atom is -0.453 e. The molecule has 3 aromatic rings. The first-order chi connectivity index (χ1) is 14.1. The number of amides is 1. The fraction of sp³-hybridized carbons (Fsp3) is 0.300. The summed E-state index contributed by atoms with van der Waals surface area (Å²) in [5, 5.41) is 5.89. The lowest BCUT2D eigenvalue weighted by Gasteiger charge is -2.10. The van der Waals surface area contributed by atoms with Gasteiger partial charge in [-0.05, 0) is 37.6 Å². The maximum atomic E-state index is 11.3. The van der Waals surface area contributed by atoms with E-state index in [4.69, 9.17) is 15.5 Å². The van der Waals surface area contributed by atoms with Gasteiger partial charge in [-0.15, -0.1) is 0 Å². The molecule has 0 fully saturated rings. The van der Waals surface area contributed by atoms with Crippen molar-refractivity contribution in [3.63, 3.8) is 0 Å². The van der Waals surface area contributed by atoms with Gasteiger partial charge in [0.05, 0.1) is 18.3 Å². The summed E-state index contributed by atoms with van der Waals surface area (Å²) >= 11 is 0. The fourth-order valence-corrected chi connectivity index (χ4v) is 2.73. The number of aromatic nitrogens is 3. The van der Waals surface area contributed by atoms with Crippen LogP contribution in [0.2, 0.25) is 0 Å². The third-order valence-electron chi connectivity index (χ3n) is 4.13. The number of rotatable bonds is 8. The summed E-state index contributed by atoms with van der Waals surface area (Å²) in [4.78, 5) is 24.6. The minimum atomic E-state index is -0.517. The molecule has 4 N–H and O–H groups in total. The van der Waals surface area contributed by atoms with Gasteiger partial charge in [0.2, 0.25) is 5.95 Å². The van der Waals surface area contributed by atoms with E-state index in [-0.39, 0.29) is 5.95 Å². The van der Waals surface area contributed by atoms with Gasteiger partial charge in [0.25, 0.3) is 0 Å². The lowest BCUT2D eigenvalue weighted by atomic mass is 10.1. The number of nitrogen functional groups attached to an aromatic ring is 1. The average Bonchev–Trinajstić information content (AvgIpc) is 2.73. The van der Waals surface area contributed by atoms with Crippen LogP contribution in [0.1, 0.15) is 13.3 Å². The molecular formula is C20H24N6O3. The van der Waals surface area contributed by atoms with Crippen LogP contribution in [0.3, 0.4) is 0 Å². The third kappa shape index (κ3) is 5.29. The molecule has 0 spiro atoms. The molecule has 0 aliphatic heterocycles. The first-order valence-corrected chi connectivity index (χ1v) is 9.32. The van der Waals surface area contributed by atoms with Crippen molar-refractivity contribution in [2.24, 2.45) is 0 Å². The van der Waals surface area contributed by atoms with Crippen LogP contribution in [0.4, 0.5) is 22.2 Å². The molecule has 0 radical (unpaired) electrons. The Labute approximate surface area is 168 Å². The van der Waals surface area contributed by atoms with Gasteiger partial charge < -0.3 is 20.5 Å². The number of ether oxygens (including phenoxy) is 2. The van der Waals surface area contributed by atoms with Crippen LogP contribution in [0.15, 0.2) is 36.4 Å². The van der Waals surface area contributed by atoms with Crippen molar-refractivity contribution in [1.82, 2.24) is 15.0 Å². The molecule has 152 valence electrons. The summed E-state index contributed by atoms with van der Waals surface area (Å²) in [6.45, 7) is 4.02. The van der Waals surface area contributed by atoms with Crippen LogP contribution < -0.4 is 16.4 Å². The van der Waals surface area contributed by atoms with Crippen LogP contribution in [0.5, 0.6) is 0 Å². The Hall–Kier alpha value is -3.46. The Balaban J connectivity index is 1.83. The second kappa shape index (κ2) is 9.65. The Morgan fingerprint density at radius 1 is 1.10 bits per heavy atom. The summed E-state index contributed by atoms with van der Waals surface area (Å²) in [5.74, 6) is 0.785. The predicted octanol–water partition coefficient (Wildman–Crippen LogP) is 3.29. The summed E-state index contributed by atoms with van der Waals surface area (Å²) in [6.07, 6.45) is 0.324. The number of carbonyl (C=O) groups excluding carboxylic acids is 1. The summed E-state index contributed by atoms with van der Waals surface area (Å²) in [6, 6.07) is 11.0. The first-order valence-electron chi connectivity index (χ1n) is 9.32. The highest BCUT2D eigenvalue weighted by molar-refractivity contribution is 5.88. The number of nitrogens with zero attached hydrogens (tertiary/aromatic N) is 3. The Morgan fingerprint density at radius 3 is 2.62 bits per heavy atom. The first kappa shape index (κ1) is 20.3. The number of methoxy groups -OCH3 is 1. The quantitative estimate of drug-likeness (QED) is 0.496. The number of hydrogen-bond donors (Lipinski definition) is 3. The summed E-state index contributed by atoms with van der Waals surface area (Å²) in [7, 11) is 1.32. The molecule has 1 amide bonds. The van der Waals surface area contributed by atoms with E-state index in [0.29, 0.717) is 42.3 Å². The lowest BCUT2D eigenvalue weighted by Crippen LogP contribution is -2.10. The third-order valence-corrected chi connectivity index (χ3v) is 4.13. The SMILES string of the molecule is CCOCCCNc1nc(N)nc2ccc(-c3ccc(NC(=O)OC)cc3)nc12. The van der Waals surface area contributed by atoms with Crippen molar-refractivity contribution >= 4 is 34.6 Å². The standard InChI is InChI=1S/C20H24N6O3/c1-3-29-12-4-11-22-18-17-16(25-19(21)26-18)10-9-15(24-17)13-5-7-14(8-6-13)23-20(27)28-2/h5-10H,3-4,11-12H2,1-2H3,(H,23,27)(H3,21,22,25,26). The van der Waals surface area contributed by atoms with Crippen molar-refractivity contribution in [2.75, 3.05) is 43.2 Å². The molecule has 0 saturated heterocycles. The topological polar surface area (TPSA) is 124 Å². The van der Waals surface area contributed by atoms with Crippen molar-refractivity contribution in [3.05, 3.63) is 36.4 Å². The predicted molar refractivity (Wildman–Crippen MR) is 113 cm³/mol. The van der Waals surface area contributed by atoms with Crippen molar-refractivity contribution in [3.8, 4) is 11.3 Å². The highest BCUT2D eigenvalue weighted by atomic mass is 16.5. The molecule has 29 heavy (non-hydrogen) atoms. The number of nitrogens with two attached hydrogens (primary N) is 1. The molecule has 9 heteroatoms. The highest BCUT2D eigenvalue weighted by Gasteiger charge is 2.10. The van der Waals surface area contributed by atoms with E-state index in [1.807, 2.05) is 31.2 Å². The van der Waals surface area contributed by atoms with Gasteiger partial charge in [-0.3, -0.25) is 5.32 Å². The zero-order valence-electron chi connectivity index (χ0n) is 16.4. The fourth-order valence-electron chi connectivity index (χ4n) is 2.73. The van der Waals surface area contributed by atoms with E-state index >= 15 is 0 Å². The number of pyridine rings is 1. The number of fused-ring (bicyclic) bond motifs is 1. The Bertz CT molecular complexity index is 978. The molecule has 9 nitrogen and oxygen atoms in total. The second-order valence-corrected chi connectivity index (χ2v) is 6.17. The molecule has 1 aromatic carbocycles. The van der Waals surface area contributed by atoms with E-state index in [0.717, 1.165) is 17.7 Å². The van der Waals surface area contributed by atoms with Gasteiger partial charge in [0, 0.05) is 31.0 Å². The van der Waals surface area contributed by atoms with Gasteiger partial charge in [0.1, 0.15) is 5.52 Å². The van der Waals surface area contributed by atoms with Crippen LogP contribution in [-0.4, -0.2) is 47.9 Å². The normalized spacial score (nSPS) is 10.7. The van der Waals surface area contributed by atoms with Crippen LogP contribution in [-0.2, 0) is 9.47 Å². The maximum Gasteiger partial charge on any atom is 0.411 e. The van der Waals surface area contributed by atoms with E-state index in [1.165, 1.54) is 7.11 Å². The van der Waals surface area contributed by atoms with E-state index in [9.17, 15) is 4.79 Å². The van der Waals surface area contributed by atoms with Gasteiger partial charge in [-0.1, -0.05) is 12.1 Å². The number of anilines is 3. The van der Waals surface area contributed by atoms with Crippen molar-refractivity contribution < 1.29 is 14.3 Å². The molecule has 2 heterocycles. The number of carbonyl (C=O) groups is 1. The van der Waals surface area contributed by atoms with E-state index < -0.39 is 6.09 Å². The zero-order chi connectivity index (χ0) is 20.6. The maximum absolute atomic E-state index is 11.3. The van der Waals surface area contributed by atoms with Gasteiger partial charge in [-0.25, -0.2) is 14.8 Å². The number of nitrogens with one attached hydrogen (secondary N) is 2. The Kier molecular flexibility index (Phi) is 6.75. The molecule has 0 saturated carbocycles. The molecule has 0 unspecified atom stereocenters. The molecule has 2 aromatic heterocycles. The van der Waals surface area contributed by atoms with Gasteiger partial charge in [0.15, 0.2) is 5.82 Å². The van der Waals surface area contributed by atoms with E-state index in [2.05, 4.69) is 25.3 Å². The average molecular weight is 396 g/mol. The van der Waals surface area contributed by atoms with Crippen molar-refractivity contribution in [2.45, 2.75) is 13.3 Å². The molecule has 0 atom stereocenters. The van der Waals surface area contributed by atoms with Crippen molar-refractivity contribution in [1.29, 1.82) is 0 Å². The van der Waals surface area contributed by atoms with Gasteiger partial charge >= 0.3 is 6.09 Å². The van der Waals surface area contributed by atoms with Crippen LogP contribution in [0, 0.1) is 0 Å². The summed E-state index contributed by atoms with van der Waals surface area (Å²) < 4.78 is 9.95. The molecule has 0 bridgehead atoms. The van der Waals surface area contributed by atoms with Crippen LogP contribution >= 0.6 is 0 Å². The number of benzene rings is 1. The molecule has 0 aliphatic rings. The summed E-state index contributed by atoms with van der Waals surface area (Å²) in [5.41, 5.74) is 9.42. The molecule has 0 aliphatic carbocycles.